The van der Waals surface area contributed by atoms with E-state index in [4.69, 9.17) is 0 Å². The van der Waals surface area contributed by atoms with Crippen LogP contribution in [-0.2, 0) is 21.2 Å². The minimum atomic E-state index is -3.65. The van der Waals surface area contributed by atoms with Gasteiger partial charge in [0.25, 0.3) is 10.0 Å². The summed E-state index contributed by atoms with van der Waals surface area (Å²) in [6, 6.07) is 14.7. The van der Waals surface area contributed by atoms with Gasteiger partial charge in [0.1, 0.15) is 4.90 Å². The fourth-order valence-electron chi connectivity index (χ4n) is 3.89. The van der Waals surface area contributed by atoms with Gasteiger partial charge in [-0.2, -0.15) is 8.42 Å². The summed E-state index contributed by atoms with van der Waals surface area (Å²) in [5.74, 6) is 0.222. The summed E-state index contributed by atoms with van der Waals surface area (Å²) < 4.78 is 28.7. The van der Waals surface area contributed by atoms with Crippen LogP contribution in [0.1, 0.15) is 30.9 Å². The summed E-state index contributed by atoms with van der Waals surface area (Å²) in [6.07, 6.45) is 2.44. The molecule has 1 N–H and O–H groups in total. The molecule has 0 aromatic heterocycles. The molecule has 0 radical (unpaired) electrons. The highest BCUT2D eigenvalue weighted by Gasteiger charge is 2.35. The van der Waals surface area contributed by atoms with Crippen LogP contribution in [0, 0.1) is 5.92 Å². The number of hydrogen-bond acceptors (Lipinski definition) is 4. The molecular weight excluding hydrogens is 374 g/mol. The first kappa shape index (κ1) is 18.7. The molecule has 0 bridgehead atoms. The van der Waals surface area contributed by atoms with Crippen LogP contribution < -0.4 is 5.32 Å². The highest BCUT2D eigenvalue weighted by atomic mass is 32.2. The number of nitrogens with one attached hydrogen (secondary N) is 1. The molecule has 0 saturated carbocycles. The Labute approximate surface area is 165 Å². The summed E-state index contributed by atoms with van der Waals surface area (Å²) in [5, 5.41) is 3.05. The van der Waals surface area contributed by atoms with E-state index in [0.29, 0.717) is 24.5 Å². The van der Waals surface area contributed by atoms with E-state index < -0.39 is 10.0 Å². The van der Waals surface area contributed by atoms with Gasteiger partial charge in [0.15, 0.2) is 5.84 Å². The van der Waals surface area contributed by atoms with Crippen molar-refractivity contribution in [3.63, 3.8) is 0 Å². The first-order valence-electron chi connectivity index (χ1n) is 9.57. The van der Waals surface area contributed by atoms with Crippen molar-refractivity contribution in [2.45, 2.75) is 31.1 Å². The molecule has 2 aliphatic heterocycles. The summed E-state index contributed by atoms with van der Waals surface area (Å²) >= 11 is 0. The second-order valence-electron chi connectivity index (χ2n) is 7.17. The van der Waals surface area contributed by atoms with Gasteiger partial charge in [0, 0.05) is 24.3 Å². The van der Waals surface area contributed by atoms with Crippen LogP contribution in [0.3, 0.4) is 0 Å². The molecule has 2 aliphatic rings. The van der Waals surface area contributed by atoms with Crippen LogP contribution >= 0.6 is 0 Å². The lowest BCUT2D eigenvalue weighted by molar-refractivity contribution is -0.121. The zero-order valence-electron chi connectivity index (χ0n) is 15.8. The first-order valence-corrected chi connectivity index (χ1v) is 11.0. The van der Waals surface area contributed by atoms with Gasteiger partial charge < -0.3 is 10.2 Å². The van der Waals surface area contributed by atoms with Gasteiger partial charge in [-0.3, -0.25) is 4.79 Å². The lowest BCUT2D eigenvalue weighted by atomic mass is 9.96. The van der Waals surface area contributed by atoms with E-state index in [1.807, 2.05) is 35.2 Å². The van der Waals surface area contributed by atoms with Crippen LogP contribution in [-0.4, -0.2) is 38.2 Å². The predicted molar refractivity (Wildman–Crippen MR) is 109 cm³/mol. The van der Waals surface area contributed by atoms with Gasteiger partial charge >= 0.3 is 0 Å². The first-order chi connectivity index (χ1) is 13.5. The van der Waals surface area contributed by atoms with E-state index in [1.54, 1.807) is 18.2 Å². The molecule has 1 unspecified atom stereocenters. The number of amides is 1. The number of hydrogen-bond donors (Lipinski definition) is 1. The van der Waals surface area contributed by atoms with E-state index in [-0.39, 0.29) is 16.7 Å². The molecule has 7 heteroatoms. The van der Waals surface area contributed by atoms with Crippen molar-refractivity contribution in [3.8, 4) is 0 Å². The van der Waals surface area contributed by atoms with Crippen LogP contribution in [0.15, 0.2) is 57.8 Å². The average Bonchev–Trinajstić information content (AvgIpc) is 3.00. The van der Waals surface area contributed by atoms with Crippen molar-refractivity contribution in [2.75, 3.05) is 18.4 Å². The van der Waals surface area contributed by atoms with Gasteiger partial charge in [-0.25, -0.2) is 0 Å². The van der Waals surface area contributed by atoms with Gasteiger partial charge in [0.05, 0.1) is 5.92 Å². The molecule has 0 spiro atoms. The van der Waals surface area contributed by atoms with Crippen molar-refractivity contribution in [3.05, 3.63) is 59.7 Å². The van der Waals surface area contributed by atoms with E-state index in [1.165, 1.54) is 0 Å². The van der Waals surface area contributed by atoms with Crippen LogP contribution in [0.4, 0.5) is 5.69 Å². The van der Waals surface area contributed by atoms with Crippen molar-refractivity contribution in [2.24, 2.45) is 10.3 Å². The molecule has 1 amide bonds. The Kier molecular flexibility index (Phi) is 4.93. The second kappa shape index (κ2) is 7.39. The molecule has 28 heavy (non-hydrogen) atoms. The van der Waals surface area contributed by atoms with Crippen LogP contribution in [0.25, 0.3) is 0 Å². The van der Waals surface area contributed by atoms with Crippen LogP contribution in [0.5, 0.6) is 0 Å². The molecule has 1 atom stereocenters. The van der Waals surface area contributed by atoms with E-state index in [2.05, 4.69) is 16.6 Å². The molecule has 4 rings (SSSR count). The Morgan fingerprint density at radius 2 is 1.93 bits per heavy atom. The summed E-state index contributed by atoms with van der Waals surface area (Å²) in [5.41, 5.74) is 2.57. The van der Waals surface area contributed by atoms with Crippen molar-refractivity contribution in [1.29, 1.82) is 0 Å². The molecule has 6 nitrogen and oxygen atoms in total. The van der Waals surface area contributed by atoms with Gasteiger partial charge in [-0.1, -0.05) is 37.3 Å². The number of nitrogens with zero attached hydrogens (tertiary/aromatic N) is 2. The van der Waals surface area contributed by atoms with Gasteiger partial charge in [-0.05, 0) is 43.0 Å². The lowest BCUT2D eigenvalue weighted by Gasteiger charge is -2.33. The number of anilines is 1. The van der Waals surface area contributed by atoms with Gasteiger partial charge in [-0.15, -0.1) is 4.40 Å². The smallest absolute Gasteiger partial charge is 0.285 e. The maximum atomic E-state index is 12.9. The van der Waals surface area contributed by atoms with E-state index in [0.717, 1.165) is 30.5 Å². The maximum Gasteiger partial charge on any atom is 0.285 e. The fraction of sp³-hybridized carbons (Fsp3) is 0.333. The average molecular weight is 398 g/mol. The zero-order valence-corrected chi connectivity index (χ0v) is 16.6. The standard InChI is InChI=1S/C21H23N3O3S/c1-2-15-8-3-5-11-18(15)22-21(25)16-9-7-13-24(14-16)20-17-10-4-6-12-19(17)28(26,27)23-20/h3-6,8,10-12,16H,2,7,9,13-14H2,1H3,(H,22,25). The molecule has 0 aliphatic carbocycles. The maximum absolute atomic E-state index is 12.9. The third-order valence-corrected chi connectivity index (χ3v) is 6.69. The number of para-hydroxylation sites is 1. The number of aryl methyl sites for hydroxylation is 1. The van der Waals surface area contributed by atoms with E-state index in [9.17, 15) is 13.2 Å². The number of fused-ring (bicyclic) bond motifs is 1. The highest BCUT2D eigenvalue weighted by molar-refractivity contribution is 7.90. The fourth-order valence-corrected chi connectivity index (χ4v) is 5.11. The molecule has 1 fully saturated rings. The van der Waals surface area contributed by atoms with Crippen molar-refractivity contribution < 1.29 is 13.2 Å². The molecule has 2 heterocycles. The quantitative estimate of drug-likeness (QED) is 0.863. The molecule has 2 aromatic carbocycles. The lowest BCUT2D eigenvalue weighted by Crippen LogP contribution is -2.43. The zero-order chi connectivity index (χ0) is 19.7. The predicted octanol–water partition coefficient (Wildman–Crippen LogP) is 3.05. The number of sulfonamides is 1. The summed E-state index contributed by atoms with van der Waals surface area (Å²) in [6.45, 7) is 3.21. The Hall–Kier alpha value is -2.67. The Balaban J connectivity index is 1.53. The Bertz CT molecular complexity index is 1050. The van der Waals surface area contributed by atoms with Crippen molar-refractivity contribution >= 4 is 27.5 Å². The third-order valence-electron chi connectivity index (χ3n) is 5.36. The number of carbonyl (C=O) groups is 1. The monoisotopic (exact) mass is 397 g/mol. The summed E-state index contributed by atoms with van der Waals surface area (Å²) in [7, 11) is -3.65. The number of benzene rings is 2. The largest absolute Gasteiger partial charge is 0.355 e. The topological polar surface area (TPSA) is 78.8 Å². The Morgan fingerprint density at radius 3 is 2.75 bits per heavy atom. The molecule has 146 valence electrons. The number of piperidine rings is 1. The molecule has 1 saturated heterocycles. The number of likely N-dealkylation sites (tertiary alicyclic amines) is 1. The highest BCUT2D eigenvalue weighted by Crippen LogP contribution is 2.30. The third kappa shape index (κ3) is 3.42. The minimum absolute atomic E-state index is 0.0275. The SMILES string of the molecule is CCc1ccccc1NC(=O)C1CCCN(C2=NS(=O)(=O)c3ccccc32)C1. The van der Waals surface area contributed by atoms with Gasteiger partial charge in [0.2, 0.25) is 5.91 Å². The van der Waals surface area contributed by atoms with Crippen molar-refractivity contribution in [1.82, 2.24) is 4.90 Å². The number of carbonyl (C=O) groups excluding carboxylic acids is 1. The number of amidine groups is 1. The minimum Gasteiger partial charge on any atom is -0.355 e. The Morgan fingerprint density at radius 1 is 1.18 bits per heavy atom. The van der Waals surface area contributed by atoms with Crippen LogP contribution in [0.2, 0.25) is 0 Å². The molecular formula is C21H23N3O3S. The molecule has 2 aromatic rings. The second-order valence-corrected chi connectivity index (χ2v) is 8.74. The number of rotatable bonds is 3. The van der Waals surface area contributed by atoms with E-state index >= 15 is 0 Å². The summed E-state index contributed by atoms with van der Waals surface area (Å²) in [4.78, 5) is 15.1. The normalized spacial score (nSPS) is 20.4.